The van der Waals surface area contributed by atoms with Gasteiger partial charge in [-0.05, 0) is 48.9 Å². The predicted octanol–water partition coefficient (Wildman–Crippen LogP) is 2.90. The maximum absolute atomic E-state index is 5.73. The Labute approximate surface area is 162 Å². The molecule has 2 N–H and O–H groups in total. The van der Waals surface area contributed by atoms with E-state index in [1.807, 2.05) is 38.4 Å². The van der Waals surface area contributed by atoms with E-state index in [2.05, 4.69) is 51.7 Å². The third-order valence-corrected chi connectivity index (χ3v) is 3.91. The topological polar surface area (TPSA) is 58.1 Å². The summed E-state index contributed by atoms with van der Waals surface area (Å²) in [4.78, 5) is 6.75. The van der Waals surface area contributed by atoms with E-state index in [4.69, 9.17) is 9.47 Å². The van der Waals surface area contributed by atoms with Crippen molar-refractivity contribution in [2.75, 3.05) is 45.8 Å². The molecule has 0 aliphatic heterocycles. The molecule has 0 amide bonds. The molecule has 27 heavy (non-hydrogen) atoms. The molecular formula is C21H30N4O2. The first-order chi connectivity index (χ1) is 13.1. The molecule has 0 aliphatic carbocycles. The van der Waals surface area contributed by atoms with Crippen LogP contribution in [0.3, 0.4) is 0 Å². The standard InChI is InChI=1S/C21H30N4O2/c1-5-22-21(24-16-17-7-6-8-18(15-17)25(2)3)23-13-14-27-20-11-9-19(26-4)10-12-20/h6-12,15H,5,13-14,16H2,1-4H3,(H2,22,23,24). The highest BCUT2D eigenvalue weighted by molar-refractivity contribution is 5.79. The van der Waals surface area contributed by atoms with Crippen molar-refractivity contribution in [3.8, 4) is 11.5 Å². The van der Waals surface area contributed by atoms with Crippen molar-refractivity contribution in [1.82, 2.24) is 10.6 Å². The fourth-order valence-corrected chi connectivity index (χ4v) is 2.46. The Morgan fingerprint density at radius 2 is 1.78 bits per heavy atom. The van der Waals surface area contributed by atoms with Crippen LogP contribution in [0.1, 0.15) is 12.5 Å². The van der Waals surface area contributed by atoms with E-state index in [9.17, 15) is 0 Å². The van der Waals surface area contributed by atoms with Crippen molar-refractivity contribution in [2.45, 2.75) is 13.5 Å². The molecule has 0 saturated heterocycles. The lowest BCUT2D eigenvalue weighted by Crippen LogP contribution is -2.39. The molecular weight excluding hydrogens is 340 g/mol. The van der Waals surface area contributed by atoms with Crippen LogP contribution in [0, 0.1) is 0 Å². The zero-order valence-corrected chi connectivity index (χ0v) is 16.7. The summed E-state index contributed by atoms with van der Waals surface area (Å²) in [6.07, 6.45) is 0. The van der Waals surface area contributed by atoms with Crippen molar-refractivity contribution in [1.29, 1.82) is 0 Å². The van der Waals surface area contributed by atoms with Gasteiger partial charge in [-0.1, -0.05) is 12.1 Å². The number of methoxy groups -OCH3 is 1. The van der Waals surface area contributed by atoms with Crippen LogP contribution in [0.5, 0.6) is 11.5 Å². The van der Waals surface area contributed by atoms with Gasteiger partial charge in [-0.25, -0.2) is 4.99 Å². The first-order valence-electron chi connectivity index (χ1n) is 9.17. The number of hydrogen-bond donors (Lipinski definition) is 2. The minimum Gasteiger partial charge on any atom is -0.497 e. The molecule has 0 radical (unpaired) electrons. The first kappa shape index (κ1) is 20.4. The highest BCUT2D eigenvalue weighted by Gasteiger charge is 2.01. The first-order valence-corrected chi connectivity index (χ1v) is 9.17. The van der Waals surface area contributed by atoms with Gasteiger partial charge in [0.1, 0.15) is 18.1 Å². The number of nitrogens with one attached hydrogen (secondary N) is 2. The van der Waals surface area contributed by atoms with Crippen LogP contribution >= 0.6 is 0 Å². The number of anilines is 1. The largest absolute Gasteiger partial charge is 0.497 e. The zero-order chi connectivity index (χ0) is 19.5. The summed E-state index contributed by atoms with van der Waals surface area (Å²) < 4.78 is 10.9. The SMILES string of the molecule is CCNC(=NCc1cccc(N(C)C)c1)NCCOc1ccc(OC)cc1. The number of hydrogen-bond acceptors (Lipinski definition) is 4. The summed E-state index contributed by atoms with van der Waals surface area (Å²) in [6.45, 7) is 4.69. The summed E-state index contributed by atoms with van der Waals surface area (Å²) in [5.41, 5.74) is 2.35. The zero-order valence-electron chi connectivity index (χ0n) is 16.7. The molecule has 0 atom stereocenters. The number of ether oxygens (including phenoxy) is 2. The monoisotopic (exact) mass is 370 g/mol. The minimum absolute atomic E-state index is 0.548. The van der Waals surface area contributed by atoms with Crippen LogP contribution in [0.2, 0.25) is 0 Å². The quantitative estimate of drug-likeness (QED) is 0.404. The van der Waals surface area contributed by atoms with Gasteiger partial charge in [0.15, 0.2) is 5.96 Å². The van der Waals surface area contributed by atoms with Crippen LogP contribution in [0.25, 0.3) is 0 Å². The van der Waals surface area contributed by atoms with Gasteiger partial charge in [-0.3, -0.25) is 0 Å². The molecule has 0 spiro atoms. The molecule has 0 fully saturated rings. The average molecular weight is 370 g/mol. The van der Waals surface area contributed by atoms with Gasteiger partial charge in [-0.2, -0.15) is 0 Å². The summed E-state index contributed by atoms with van der Waals surface area (Å²) in [5.74, 6) is 2.42. The lowest BCUT2D eigenvalue weighted by molar-refractivity contribution is 0.321. The summed E-state index contributed by atoms with van der Waals surface area (Å²) >= 11 is 0. The molecule has 146 valence electrons. The van der Waals surface area contributed by atoms with E-state index in [0.29, 0.717) is 19.7 Å². The van der Waals surface area contributed by atoms with Crippen LogP contribution in [0.4, 0.5) is 5.69 Å². The minimum atomic E-state index is 0.548. The van der Waals surface area contributed by atoms with Crippen molar-refractivity contribution in [3.05, 3.63) is 54.1 Å². The van der Waals surface area contributed by atoms with Gasteiger partial charge in [0.05, 0.1) is 20.2 Å². The Morgan fingerprint density at radius 3 is 2.44 bits per heavy atom. The highest BCUT2D eigenvalue weighted by atomic mass is 16.5. The molecule has 2 rings (SSSR count). The Morgan fingerprint density at radius 1 is 1.04 bits per heavy atom. The molecule has 0 unspecified atom stereocenters. The number of benzene rings is 2. The van der Waals surface area contributed by atoms with E-state index >= 15 is 0 Å². The van der Waals surface area contributed by atoms with Gasteiger partial charge in [-0.15, -0.1) is 0 Å². The number of rotatable bonds is 9. The molecule has 0 saturated carbocycles. The smallest absolute Gasteiger partial charge is 0.191 e. The second-order valence-corrected chi connectivity index (χ2v) is 6.21. The van der Waals surface area contributed by atoms with E-state index in [-0.39, 0.29) is 0 Å². The Bertz CT molecular complexity index is 714. The predicted molar refractivity (Wildman–Crippen MR) is 112 cm³/mol. The van der Waals surface area contributed by atoms with E-state index < -0.39 is 0 Å². The Kier molecular flexibility index (Phi) is 8.29. The van der Waals surface area contributed by atoms with E-state index in [1.54, 1.807) is 7.11 Å². The van der Waals surface area contributed by atoms with Crippen LogP contribution in [-0.2, 0) is 6.54 Å². The molecule has 2 aromatic rings. The Balaban J connectivity index is 1.83. The van der Waals surface area contributed by atoms with Crippen molar-refractivity contribution < 1.29 is 9.47 Å². The normalized spacial score (nSPS) is 11.0. The summed E-state index contributed by atoms with van der Waals surface area (Å²) in [5, 5.41) is 6.56. The lowest BCUT2D eigenvalue weighted by Gasteiger charge is -2.14. The highest BCUT2D eigenvalue weighted by Crippen LogP contribution is 2.16. The maximum Gasteiger partial charge on any atom is 0.191 e. The lowest BCUT2D eigenvalue weighted by atomic mass is 10.2. The number of aliphatic imine (C=N–C) groups is 1. The summed E-state index contributed by atoms with van der Waals surface area (Å²) in [6, 6.07) is 16.0. The molecule has 0 aromatic heterocycles. The molecule has 0 aliphatic rings. The fourth-order valence-electron chi connectivity index (χ4n) is 2.46. The number of nitrogens with zero attached hydrogens (tertiary/aromatic N) is 2. The van der Waals surface area contributed by atoms with Gasteiger partial charge in [0.2, 0.25) is 0 Å². The molecule has 0 bridgehead atoms. The third-order valence-electron chi connectivity index (χ3n) is 3.91. The third kappa shape index (κ3) is 7.09. The molecule has 6 heteroatoms. The number of guanidine groups is 1. The van der Waals surface area contributed by atoms with Gasteiger partial charge in [0, 0.05) is 26.3 Å². The van der Waals surface area contributed by atoms with Crippen molar-refractivity contribution in [2.24, 2.45) is 4.99 Å². The molecule has 6 nitrogen and oxygen atoms in total. The Hall–Kier alpha value is -2.89. The second kappa shape index (κ2) is 11.0. The van der Waals surface area contributed by atoms with Crippen LogP contribution in [-0.4, -0.2) is 46.9 Å². The van der Waals surface area contributed by atoms with Crippen molar-refractivity contribution in [3.63, 3.8) is 0 Å². The fraction of sp³-hybridized carbons (Fsp3) is 0.381. The van der Waals surface area contributed by atoms with Gasteiger partial charge < -0.3 is 25.0 Å². The van der Waals surface area contributed by atoms with Crippen molar-refractivity contribution >= 4 is 11.6 Å². The van der Waals surface area contributed by atoms with Gasteiger partial charge in [0.25, 0.3) is 0 Å². The second-order valence-electron chi connectivity index (χ2n) is 6.21. The summed E-state index contributed by atoms with van der Waals surface area (Å²) in [7, 11) is 5.73. The van der Waals surface area contributed by atoms with Crippen LogP contribution in [0.15, 0.2) is 53.5 Å². The van der Waals surface area contributed by atoms with E-state index in [1.165, 1.54) is 11.3 Å². The molecule has 2 aromatic carbocycles. The van der Waals surface area contributed by atoms with Crippen LogP contribution < -0.4 is 25.0 Å². The average Bonchev–Trinajstić information content (AvgIpc) is 2.70. The maximum atomic E-state index is 5.73. The van der Waals surface area contributed by atoms with Gasteiger partial charge >= 0.3 is 0 Å². The van der Waals surface area contributed by atoms with E-state index in [0.717, 1.165) is 24.0 Å². The molecule has 0 heterocycles.